The molecule has 1 N–H and O–H groups in total. The van der Waals surface area contributed by atoms with Crippen molar-refractivity contribution in [2.45, 2.75) is 31.2 Å². The van der Waals surface area contributed by atoms with Gasteiger partial charge in [-0.2, -0.15) is 0 Å². The summed E-state index contributed by atoms with van der Waals surface area (Å²) in [6.45, 7) is 3.32. The molecule has 0 saturated carbocycles. The number of para-hydroxylation sites is 1. The third kappa shape index (κ3) is 6.04. The van der Waals surface area contributed by atoms with Gasteiger partial charge in [0.25, 0.3) is 0 Å². The molecule has 0 aliphatic rings. The molecular formula is C20H26N2O5S2. The average Bonchev–Trinajstić information content (AvgIpc) is 2.64. The molecular weight excluding hydrogens is 412 g/mol. The summed E-state index contributed by atoms with van der Waals surface area (Å²) >= 11 is 0. The zero-order valence-electron chi connectivity index (χ0n) is 16.9. The van der Waals surface area contributed by atoms with Crippen LogP contribution in [0.4, 0.5) is 5.69 Å². The van der Waals surface area contributed by atoms with Crippen LogP contribution in [0, 0.1) is 0 Å². The number of amides is 1. The van der Waals surface area contributed by atoms with Gasteiger partial charge in [-0.15, -0.1) is 0 Å². The summed E-state index contributed by atoms with van der Waals surface area (Å²) in [6.07, 6.45) is 2.83. The van der Waals surface area contributed by atoms with Gasteiger partial charge >= 0.3 is 0 Å². The molecule has 29 heavy (non-hydrogen) atoms. The molecule has 2 aromatic rings. The molecule has 7 nitrogen and oxygen atoms in total. The Kier molecular flexibility index (Phi) is 7.07. The highest BCUT2D eigenvalue weighted by Crippen LogP contribution is 2.23. The van der Waals surface area contributed by atoms with Crippen molar-refractivity contribution in [2.24, 2.45) is 0 Å². The summed E-state index contributed by atoms with van der Waals surface area (Å²) < 4.78 is 48.8. The highest BCUT2D eigenvalue weighted by Gasteiger charge is 2.23. The summed E-state index contributed by atoms with van der Waals surface area (Å²) in [4.78, 5) is 12.8. The minimum atomic E-state index is -3.66. The number of nitrogens with zero attached hydrogens (tertiary/aromatic N) is 1. The zero-order valence-corrected chi connectivity index (χ0v) is 18.5. The summed E-state index contributed by atoms with van der Waals surface area (Å²) in [6, 6.07) is 12.9. The molecule has 0 radical (unpaired) electrons. The molecule has 0 bridgehead atoms. The maximum Gasteiger partial charge on any atom is 0.241 e. The second kappa shape index (κ2) is 8.96. The molecule has 0 aliphatic carbocycles. The van der Waals surface area contributed by atoms with Crippen LogP contribution in [0.25, 0.3) is 0 Å². The summed E-state index contributed by atoms with van der Waals surface area (Å²) in [5.74, 6) is -0.457. The quantitative estimate of drug-likeness (QED) is 0.682. The van der Waals surface area contributed by atoms with Crippen molar-refractivity contribution in [3.63, 3.8) is 0 Å². The Morgan fingerprint density at radius 3 is 2.10 bits per heavy atom. The first-order chi connectivity index (χ1) is 13.4. The van der Waals surface area contributed by atoms with Crippen molar-refractivity contribution >= 4 is 31.5 Å². The summed E-state index contributed by atoms with van der Waals surface area (Å²) in [5, 5.41) is 2.77. The predicted molar refractivity (Wildman–Crippen MR) is 114 cm³/mol. The van der Waals surface area contributed by atoms with Gasteiger partial charge in [0, 0.05) is 6.26 Å². The smallest absolute Gasteiger partial charge is 0.241 e. The fraction of sp³-hybridized carbons (Fsp3) is 0.350. The van der Waals surface area contributed by atoms with E-state index in [1.807, 2.05) is 19.1 Å². The predicted octanol–water partition coefficient (Wildman–Crippen LogP) is 2.30. The van der Waals surface area contributed by atoms with Gasteiger partial charge in [0.2, 0.25) is 15.9 Å². The number of sulfonamides is 1. The van der Waals surface area contributed by atoms with E-state index in [4.69, 9.17) is 0 Å². The highest BCUT2D eigenvalue weighted by atomic mass is 32.2. The monoisotopic (exact) mass is 438 g/mol. The van der Waals surface area contributed by atoms with Gasteiger partial charge in [0.15, 0.2) is 9.84 Å². The molecule has 0 spiro atoms. The van der Waals surface area contributed by atoms with E-state index < -0.39 is 31.8 Å². The van der Waals surface area contributed by atoms with Crippen molar-refractivity contribution < 1.29 is 21.6 Å². The fourth-order valence-corrected chi connectivity index (χ4v) is 4.46. The van der Waals surface area contributed by atoms with Crippen LogP contribution in [0.5, 0.6) is 0 Å². The second-order valence-electron chi connectivity index (χ2n) is 6.88. The number of hydrogen-bond donors (Lipinski definition) is 1. The van der Waals surface area contributed by atoms with Crippen LogP contribution in [0.3, 0.4) is 0 Å². The topological polar surface area (TPSA) is 101 Å². The first kappa shape index (κ1) is 22.9. The van der Waals surface area contributed by atoms with Gasteiger partial charge in [-0.05, 0) is 42.7 Å². The van der Waals surface area contributed by atoms with E-state index in [2.05, 4.69) is 5.32 Å². The summed E-state index contributed by atoms with van der Waals surface area (Å²) in [7, 11) is -6.96. The normalized spacial score (nSPS) is 13.0. The Labute approximate surface area is 172 Å². The molecule has 0 saturated heterocycles. The lowest BCUT2D eigenvalue weighted by molar-refractivity contribution is -0.120. The van der Waals surface area contributed by atoms with Crippen LogP contribution in [0.2, 0.25) is 0 Å². The number of anilines is 1. The molecule has 1 unspecified atom stereocenters. The van der Waals surface area contributed by atoms with Crippen molar-refractivity contribution in [3.8, 4) is 0 Å². The number of hydrogen-bond acceptors (Lipinski definition) is 5. The molecule has 2 aromatic carbocycles. The van der Waals surface area contributed by atoms with Crippen molar-refractivity contribution in [1.29, 1.82) is 0 Å². The maximum absolute atomic E-state index is 12.6. The van der Waals surface area contributed by atoms with Gasteiger partial charge in [-0.3, -0.25) is 9.10 Å². The first-order valence-corrected chi connectivity index (χ1v) is 12.8. The van der Waals surface area contributed by atoms with Gasteiger partial charge in [0.1, 0.15) is 6.54 Å². The van der Waals surface area contributed by atoms with E-state index in [0.717, 1.165) is 22.4 Å². The Bertz CT molecular complexity index is 1080. The largest absolute Gasteiger partial charge is 0.348 e. The van der Waals surface area contributed by atoms with E-state index in [1.165, 1.54) is 12.1 Å². The van der Waals surface area contributed by atoms with Crippen molar-refractivity contribution in [3.05, 3.63) is 59.7 Å². The molecule has 2 rings (SSSR count). The zero-order chi connectivity index (χ0) is 21.8. The van der Waals surface area contributed by atoms with E-state index in [0.29, 0.717) is 17.7 Å². The Morgan fingerprint density at radius 1 is 1.00 bits per heavy atom. The highest BCUT2D eigenvalue weighted by molar-refractivity contribution is 7.92. The fourth-order valence-electron chi connectivity index (χ4n) is 2.94. The number of carbonyl (C=O) groups is 1. The number of benzene rings is 2. The molecule has 9 heteroatoms. The van der Waals surface area contributed by atoms with E-state index in [-0.39, 0.29) is 11.4 Å². The third-order valence-corrected chi connectivity index (χ3v) is 6.77. The third-order valence-electron chi connectivity index (χ3n) is 4.51. The maximum atomic E-state index is 12.6. The van der Waals surface area contributed by atoms with Crippen LogP contribution in [0.1, 0.15) is 31.0 Å². The van der Waals surface area contributed by atoms with Crippen molar-refractivity contribution in [1.82, 2.24) is 5.32 Å². The Hall–Kier alpha value is -2.39. The van der Waals surface area contributed by atoms with Crippen LogP contribution in [-0.4, -0.2) is 41.8 Å². The minimum absolute atomic E-state index is 0.194. The van der Waals surface area contributed by atoms with Gasteiger partial charge in [0.05, 0.1) is 22.9 Å². The molecule has 158 valence electrons. The van der Waals surface area contributed by atoms with E-state index >= 15 is 0 Å². The standard InChI is InChI=1S/C20H26N2O5S2/c1-5-16-8-6-7-9-19(16)22(29(4,26)27)14-20(23)21-15(2)17-10-12-18(13-11-17)28(3,24)25/h6-13,15H,5,14H2,1-4H3,(H,21,23). The van der Waals surface area contributed by atoms with Gasteiger partial charge in [-0.1, -0.05) is 37.3 Å². The van der Waals surface area contributed by atoms with E-state index in [9.17, 15) is 21.6 Å². The molecule has 1 amide bonds. The number of carbonyl (C=O) groups excluding carboxylic acids is 1. The number of sulfone groups is 1. The summed E-state index contributed by atoms with van der Waals surface area (Å²) in [5.41, 5.74) is 2.03. The SMILES string of the molecule is CCc1ccccc1N(CC(=O)NC(C)c1ccc(S(C)(=O)=O)cc1)S(C)(=O)=O. The number of nitrogens with one attached hydrogen (secondary N) is 1. The van der Waals surface area contributed by atoms with E-state index in [1.54, 1.807) is 31.2 Å². The molecule has 0 fully saturated rings. The number of aryl methyl sites for hydroxylation is 1. The molecule has 0 aromatic heterocycles. The van der Waals surface area contributed by atoms with Gasteiger partial charge in [-0.25, -0.2) is 16.8 Å². The van der Waals surface area contributed by atoms with Crippen LogP contribution < -0.4 is 9.62 Å². The second-order valence-corrected chi connectivity index (χ2v) is 10.8. The lowest BCUT2D eigenvalue weighted by atomic mass is 10.1. The lowest BCUT2D eigenvalue weighted by Crippen LogP contribution is -2.41. The minimum Gasteiger partial charge on any atom is -0.348 e. The molecule has 0 heterocycles. The van der Waals surface area contributed by atoms with Crippen LogP contribution in [-0.2, 0) is 31.1 Å². The van der Waals surface area contributed by atoms with Gasteiger partial charge < -0.3 is 5.32 Å². The number of rotatable bonds is 8. The Morgan fingerprint density at radius 2 is 1.59 bits per heavy atom. The lowest BCUT2D eigenvalue weighted by Gasteiger charge is -2.25. The van der Waals surface area contributed by atoms with Crippen LogP contribution in [0.15, 0.2) is 53.4 Å². The van der Waals surface area contributed by atoms with Crippen LogP contribution >= 0.6 is 0 Å². The molecule has 1 atom stereocenters. The van der Waals surface area contributed by atoms with Crippen molar-refractivity contribution in [2.75, 3.05) is 23.4 Å². The average molecular weight is 439 g/mol. The molecule has 0 aliphatic heterocycles. The first-order valence-electron chi connectivity index (χ1n) is 9.08. The Balaban J connectivity index is 2.18.